The molecule has 0 saturated carbocycles. The van der Waals surface area contributed by atoms with Crippen LogP contribution in [0, 0.1) is 0 Å². The van der Waals surface area contributed by atoms with Gasteiger partial charge in [-0.05, 0) is 0 Å². The highest BCUT2D eigenvalue weighted by atomic mass is 32.2. The molecule has 0 spiro atoms. The summed E-state index contributed by atoms with van der Waals surface area (Å²) in [5, 5.41) is 2.83. The first-order valence-electron chi connectivity index (χ1n) is 4.03. The van der Waals surface area contributed by atoms with Crippen molar-refractivity contribution in [2.45, 2.75) is 12.2 Å². The molecule has 14 heavy (non-hydrogen) atoms. The Hall–Kier alpha value is -0.430. The summed E-state index contributed by atoms with van der Waals surface area (Å²) in [5.74, 6) is 0.671. The van der Waals surface area contributed by atoms with Crippen molar-refractivity contribution in [1.29, 1.82) is 0 Å². The molecule has 0 aromatic heterocycles. The first-order valence-corrected chi connectivity index (χ1v) is 5.18. The minimum Gasteiger partial charge on any atom is -0.335 e. The maximum atomic E-state index is 11.9. The highest BCUT2D eigenvalue weighted by Crippen LogP contribution is 2.17. The Kier molecular flexibility index (Phi) is 3.65. The lowest BCUT2D eigenvalue weighted by molar-refractivity contribution is -0.159. The van der Waals surface area contributed by atoms with Crippen molar-refractivity contribution in [2.24, 2.45) is 0 Å². The Bertz CT molecular complexity index is 215. The molecule has 1 rings (SSSR count). The number of rotatable bonds is 2. The monoisotopic (exact) mass is 228 g/mol. The van der Waals surface area contributed by atoms with E-state index in [4.69, 9.17) is 0 Å². The van der Waals surface area contributed by atoms with E-state index in [2.05, 4.69) is 5.32 Å². The van der Waals surface area contributed by atoms with Gasteiger partial charge < -0.3 is 4.90 Å². The molecular formula is C7H11F3N2OS. The standard InChI is InChI=1S/C7H11F3N2OS/c1-12(3-7(8,9)10)6(13)5-2-14-4-11-5/h5,11H,2-4H2,1H3. The molecule has 3 nitrogen and oxygen atoms in total. The Morgan fingerprint density at radius 2 is 2.29 bits per heavy atom. The van der Waals surface area contributed by atoms with Crippen LogP contribution in [0.1, 0.15) is 0 Å². The quantitative estimate of drug-likeness (QED) is 0.754. The lowest BCUT2D eigenvalue weighted by Gasteiger charge is -2.21. The van der Waals surface area contributed by atoms with Crippen LogP contribution in [0.4, 0.5) is 13.2 Å². The average Bonchev–Trinajstić information content (AvgIpc) is 2.51. The summed E-state index contributed by atoms with van der Waals surface area (Å²) in [4.78, 5) is 12.1. The Labute approximate surface area is 84.0 Å². The average molecular weight is 228 g/mol. The molecule has 1 N–H and O–H groups in total. The molecule has 0 aromatic carbocycles. The molecule has 82 valence electrons. The summed E-state index contributed by atoms with van der Waals surface area (Å²) in [6, 6.07) is -0.465. The molecule has 0 aromatic rings. The summed E-state index contributed by atoms with van der Waals surface area (Å²) < 4.78 is 35.8. The Morgan fingerprint density at radius 3 is 2.71 bits per heavy atom. The van der Waals surface area contributed by atoms with Crippen molar-refractivity contribution in [3.8, 4) is 0 Å². The van der Waals surface area contributed by atoms with Crippen LogP contribution in [0.15, 0.2) is 0 Å². The van der Waals surface area contributed by atoms with Crippen molar-refractivity contribution in [3.05, 3.63) is 0 Å². The predicted octanol–water partition coefficient (Wildman–Crippen LogP) is 0.670. The maximum Gasteiger partial charge on any atom is 0.406 e. The normalized spacial score (nSPS) is 22.4. The lowest BCUT2D eigenvalue weighted by Crippen LogP contribution is -2.46. The van der Waals surface area contributed by atoms with Crippen LogP contribution in [0.2, 0.25) is 0 Å². The Morgan fingerprint density at radius 1 is 1.64 bits per heavy atom. The van der Waals surface area contributed by atoms with Crippen molar-refractivity contribution in [2.75, 3.05) is 25.2 Å². The van der Waals surface area contributed by atoms with Crippen molar-refractivity contribution >= 4 is 17.7 Å². The zero-order valence-electron chi connectivity index (χ0n) is 7.60. The summed E-state index contributed by atoms with van der Waals surface area (Å²) >= 11 is 1.51. The van der Waals surface area contributed by atoms with Crippen molar-refractivity contribution < 1.29 is 18.0 Å². The van der Waals surface area contributed by atoms with Gasteiger partial charge in [0.25, 0.3) is 0 Å². The topological polar surface area (TPSA) is 32.3 Å². The van der Waals surface area contributed by atoms with E-state index in [1.54, 1.807) is 0 Å². The molecule has 0 aliphatic carbocycles. The fourth-order valence-electron chi connectivity index (χ4n) is 1.17. The molecule has 0 radical (unpaired) electrons. The van der Waals surface area contributed by atoms with Gasteiger partial charge in [-0.15, -0.1) is 11.8 Å². The molecule has 1 saturated heterocycles. The van der Waals surface area contributed by atoms with Gasteiger partial charge in [0.05, 0.1) is 6.04 Å². The highest BCUT2D eigenvalue weighted by Gasteiger charge is 2.34. The summed E-state index contributed by atoms with van der Waals surface area (Å²) in [6.45, 7) is -1.19. The number of halogens is 3. The van der Waals surface area contributed by atoms with Gasteiger partial charge in [-0.1, -0.05) is 0 Å². The summed E-state index contributed by atoms with van der Waals surface area (Å²) in [5.41, 5.74) is 0. The third kappa shape index (κ3) is 3.38. The molecular weight excluding hydrogens is 217 g/mol. The van der Waals surface area contributed by atoms with E-state index in [9.17, 15) is 18.0 Å². The summed E-state index contributed by atoms with van der Waals surface area (Å²) in [6.07, 6.45) is -4.32. The second-order valence-electron chi connectivity index (χ2n) is 3.08. The molecule has 1 fully saturated rings. The van der Waals surface area contributed by atoms with Gasteiger partial charge in [-0.2, -0.15) is 13.2 Å². The third-order valence-electron chi connectivity index (χ3n) is 1.81. The van der Waals surface area contributed by atoms with Crippen LogP contribution in [-0.4, -0.2) is 48.2 Å². The van der Waals surface area contributed by atoms with E-state index < -0.39 is 24.7 Å². The number of hydrogen-bond acceptors (Lipinski definition) is 3. The van der Waals surface area contributed by atoms with E-state index in [0.717, 1.165) is 0 Å². The minimum absolute atomic E-state index is 0.465. The maximum absolute atomic E-state index is 11.9. The number of amides is 1. The number of carbonyl (C=O) groups is 1. The number of hydrogen-bond donors (Lipinski definition) is 1. The smallest absolute Gasteiger partial charge is 0.335 e. The van der Waals surface area contributed by atoms with Crippen LogP contribution in [0.25, 0.3) is 0 Å². The van der Waals surface area contributed by atoms with E-state index in [0.29, 0.717) is 16.5 Å². The molecule has 1 unspecified atom stereocenters. The van der Waals surface area contributed by atoms with Crippen LogP contribution in [-0.2, 0) is 4.79 Å². The van der Waals surface area contributed by atoms with Gasteiger partial charge in [0.15, 0.2) is 0 Å². The van der Waals surface area contributed by atoms with Gasteiger partial charge >= 0.3 is 6.18 Å². The van der Waals surface area contributed by atoms with Crippen LogP contribution in [0.5, 0.6) is 0 Å². The fraction of sp³-hybridized carbons (Fsp3) is 0.857. The predicted molar refractivity (Wildman–Crippen MR) is 47.9 cm³/mol. The molecule has 1 amide bonds. The zero-order chi connectivity index (χ0) is 10.8. The SMILES string of the molecule is CN(CC(F)(F)F)C(=O)C1CSCN1. The largest absolute Gasteiger partial charge is 0.406 e. The molecule has 1 atom stereocenters. The number of alkyl halides is 3. The second kappa shape index (κ2) is 4.39. The lowest BCUT2D eigenvalue weighted by atomic mass is 10.3. The molecule has 1 aliphatic heterocycles. The van der Waals surface area contributed by atoms with Crippen LogP contribution >= 0.6 is 11.8 Å². The van der Waals surface area contributed by atoms with Gasteiger partial charge in [-0.25, -0.2) is 0 Å². The molecule has 7 heteroatoms. The van der Waals surface area contributed by atoms with E-state index in [1.165, 1.54) is 18.8 Å². The van der Waals surface area contributed by atoms with Crippen molar-refractivity contribution in [3.63, 3.8) is 0 Å². The third-order valence-corrected chi connectivity index (χ3v) is 2.75. The fourth-order valence-corrected chi connectivity index (χ4v) is 2.10. The van der Waals surface area contributed by atoms with Gasteiger partial charge in [-0.3, -0.25) is 10.1 Å². The summed E-state index contributed by atoms with van der Waals surface area (Å²) in [7, 11) is 1.17. The van der Waals surface area contributed by atoms with Gasteiger partial charge in [0.1, 0.15) is 6.54 Å². The van der Waals surface area contributed by atoms with Gasteiger partial charge in [0.2, 0.25) is 5.91 Å². The van der Waals surface area contributed by atoms with Crippen LogP contribution < -0.4 is 5.32 Å². The number of carbonyl (C=O) groups excluding carboxylic acids is 1. The van der Waals surface area contributed by atoms with E-state index in [-0.39, 0.29) is 0 Å². The second-order valence-corrected chi connectivity index (χ2v) is 4.11. The number of nitrogens with zero attached hydrogens (tertiary/aromatic N) is 1. The minimum atomic E-state index is -4.32. The number of likely N-dealkylation sites (N-methyl/N-ethyl adjacent to an activating group) is 1. The van der Waals surface area contributed by atoms with Gasteiger partial charge in [0, 0.05) is 18.7 Å². The first-order chi connectivity index (χ1) is 6.40. The first kappa shape index (κ1) is 11.6. The Balaban J connectivity index is 2.43. The number of thioether (sulfide) groups is 1. The highest BCUT2D eigenvalue weighted by molar-refractivity contribution is 7.99. The number of nitrogens with one attached hydrogen (secondary N) is 1. The molecule has 1 aliphatic rings. The van der Waals surface area contributed by atoms with E-state index >= 15 is 0 Å². The molecule has 1 heterocycles. The van der Waals surface area contributed by atoms with Crippen molar-refractivity contribution in [1.82, 2.24) is 10.2 Å². The van der Waals surface area contributed by atoms with E-state index in [1.807, 2.05) is 0 Å². The zero-order valence-corrected chi connectivity index (χ0v) is 8.41. The van der Waals surface area contributed by atoms with Crippen LogP contribution in [0.3, 0.4) is 0 Å². The molecule has 0 bridgehead atoms.